The first-order chi connectivity index (χ1) is 13.7. The Hall–Kier alpha value is -2.02. The molecule has 4 aliphatic carbocycles. The summed E-state index contributed by atoms with van der Waals surface area (Å²) in [4.78, 5) is 25.0. The van der Waals surface area contributed by atoms with Gasteiger partial charge >= 0.3 is 6.03 Å². The lowest BCUT2D eigenvalue weighted by Crippen LogP contribution is -2.62. The number of rotatable bonds is 5. The summed E-state index contributed by atoms with van der Waals surface area (Å²) >= 11 is 0. The molecule has 0 heterocycles. The third-order valence-corrected chi connectivity index (χ3v) is 6.98. The van der Waals surface area contributed by atoms with Gasteiger partial charge in [0, 0.05) is 23.2 Å². The van der Waals surface area contributed by atoms with Crippen LogP contribution in [0.15, 0.2) is 18.2 Å². The third-order valence-electron chi connectivity index (χ3n) is 6.98. The van der Waals surface area contributed by atoms with Crippen molar-refractivity contribution >= 4 is 11.9 Å². The summed E-state index contributed by atoms with van der Waals surface area (Å²) in [5.41, 5.74) is 0.101. The molecule has 0 spiro atoms. The summed E-state index contributed by atoms with van der Waals surface area (Å²) < 4.78 is 27.0. The Morgan fingerprint density at radius 1 is 1.03 bits per heavy atom. The number of imide groups is 1. The first kappa shape index (κ1) is 20.3. The molecule has 0 aromatic heterocycles. The van der Waals surface area contributed by atoms with Gasteiger partial charge in [0.15, 0.2) is 0 Å². The van der Waals surface area contributed by atoms with E-state index in [1.807, 2.05) is 0 Å². The molecule has 3 N–H and O–H groups in total. The fraction of sp³-hybridized carbons (Fsp3) is 0.636. The van der Waals surface area contributed by atoms with Gasteiger partial charge in [-0.15, -0.1) is 0 Å². The quantitative estimate of drug-likeness (QED) is 0.698. The molecule has 29 heavy (non-hydrogen) atoms. The first-order valence-electron chi connectivity index (χ1n) is 10.6. The lowest BCUT2D eigenvalue weighted by molar-refractivity contribution is -0.121. The minimum absolute atomic E-state index is 0.166. The van der Waals surface area contributed by atoms with Crippen molar-refractivity contribution < 1.29 is 18.4 Å². The smallest absolute Gasteiger partial charge is 0.321 e. The van der Waals surface area contributed by atoms with Crippen LogP contribution in [0.4, 0.5) is 13.6 Å². The molecule has 158 valence electrons. The Balaban J connectivity index is 1.31. The van der Waals surface area contributed by atoms with E-state index in [-0.39, 0.29) is 11.1 Å². The molecular formula is C22H29F2N3O2. The number of nitrogens with one attached hydrogen (secondary N) is 3. The second-order valence-electron chi connectivity index (χ2n) is 9.42. The normalized spacial score (nSPS) is 31.9. The average molecular weight is 405 g/mol. The number of hydrogen-bond donors (Lipinski definition) is 3. The predicted octanol–water partition coefficient (Wildman–Crippen LogP) is 3.80. The first-order valence-corrected chi connectivity index (χ1v) is 10.6. The van der Waals surface area contributed by atoms with Crippen LogP contribution in [-0.4, -0.2) is 23.5 Å². The SMILES string of the molecule is C[C@@H](N[C@H](C)c1ccc(F)cc1F)C(=O)NC(=O)NC12CC3CC(CC(C3)C1)C2. The Morgan fingerprint density at radius 2 is 1.62 bits per heavy atom. The molecule has 3 amide bonds. The predicted molar refractivity (Wildman–Crippen MR) is 105 cm³/mol. The fourth-order valence-corrected chi connectivity index (χ4v) is 6.15. The molecule has 4 aliphatic rings. The monoisotopic (exact) mass is 405 g/mol. The highest BCUT2D eigenvalue weighted by atomic mass is 19.1. The number of carbonyl (C=O) groups excluding carboxylic acids is 2. The largest absolute Gasteiger partial charge is 0.332 e. The molecule has 0 radical (unpaired) electrons. The van der Waals surface area contributed by atoms with E-state index in [4.69, 9.17) is 0 Å². The Morgan fingerprint density at radius 3 is 2.17 bits per heavy atom. The van der Waals surface area contributed by atoms with E-state index in [0.29, 0.717) is 17.8 Å². The number of urea groups is 1. The van der Waals surface area contributed by atoms with E-state index in [1.165, 1.54) is 31.4 Å². The number of benzene rings is 1. The molecule has 7 heteroatoms. The molecule has 4 bridgehead atoms. The van der Waals surface area contributed by atoms with Crippen molar-refractivity contribution in [3.8, 4) is 0 Å². The summed E-state index contributed by atoms with van der Waals surface area (Å²) in [6.07, 6.45) is 6.86. The minimum Gasteiger partial charge on any atom is -0.332 e. The van der Waals surface area contributed by atoms with Crippen molar-refractivity contribution in [3.63, 3.8) is 0 Å². The molecular weight excluding hydrogens is 376 g/mol. The molecule has 0 saturated heterocycles. The highest BCUT2D eigenvalue weighted by molar-refractivity contribution is 5.97. The van der Waals surface area contributed by atoms with Crippen LogP contribution in [0.25, 0.3) is 0 Å². The molecule has 0 aliphatic heterocycles. The standard InChI is InChI=1S/C22H29F2N3O2/c1-12(18-4-3-17(23)8-19(18)24)25-13(2)20(28)26-21(29)27-22-9-14-5-15(10-22)7-16(6-14)11-22/h3-4,8,12-16,25H,5-7,9-11H2,1-2H3,(H2,26,27,28,29)/t12-,13-,14?,15?,16?,22?/m1/s1. The van der Waals surface area contributed by atoms with Crippen LogP contribution < -0.4 is 16.0 Å². The van der Waals surface area contributed by atoms with Gasteiger partial charge in [-0.1, -0.05) is 6.07 Å². The highest BCUT2D eigenvalue weighted by Crippen LogP contribution is 2.55. The number of halogens is 2. The highest BCUT2D eigenvalue weighted by Gasteiger charge is 2.51. The molecule has 4 fully saturated rings. The topological polar surface area (TPSA) is 70.2 Å². The van der Waals surface area contributed by atoms with Crippen molar-refractivity contribution in [2.45, 2.75) is 70.0 Å². The molecule has 2 atom stereocenters. The van der Waals surface area contributed by atoms with Crippen molar-refractivity contribution in [1.82, 2.24) is 16.0 Å². The van der Waals surface area contributed by atoms with Crippen LogP contribution in [0.3, 0.4) is 0 Å². The summed E-state index contributed by atoms with van der Waals surface area (Å²) in [6, 6.07) is 1.68. The van der Waals surface area contributed by atoms with Gasteiger partial charge in [-0.05, 0) is 76.2 Å². The van der Waals surface area contributed by atoms with E-state index >= 15 is 0 Å². The number of hydrogen-bond acceptors (Lipinski definition) is 3. The Kier molecular flexibility index (Phi) is 5.36. The second-order valence-corrected chi connectivity index (χ2v) is 9.42. The van der Waals surface area contributed by atoms with E-state index in [0.717, 1.165) is 25.3 Å². The Bertz CT molecular complexity index is 778. The van der Waals surface area contributed by atoms with Crippen molar-refractivity contribution in [3.05, 3.63) is 35.4 Å². The fourth-order valence-electron chi connectivity index (χ4n) is 6.15. The summed E-state index contributed by atoms with van der Waals surface area (Å²) in [6.45, 7) is 3.31. The zero-order valence-electron chi connectivity index (χ0n) is 16.9. The number of carbonyl (C=O) groups is 2. The molecule has 5 rings (SSSR count). The van der Waals surface area contributed by atoms with Crippen LogP contribution in [0.2, 0.25) is 0 Å². The molecule has 5 nitrogen and oxygen atoms in total. The van der Waals surface area contributed by atoms with Crippen LogP contribution in [0.5, 0.6) is 0 Å². The summed E-state index contributed by atoms with van der Waals surface area (Å²) in [5.74, 6) is 0.308. The molecule has 0 unspecified atom stereocenters. The van der Waals surface area contributed by atoms with Gasteiger partial charge in [-0.2, -0.15) is 0 Å². The Labute approximate surface area is 170 Å². The second kappa shape index (κ2) is 7.67. The van der Waals surface area contributed by atoms with E-state index in [2.05, 4.69) is 16.0 Å². The van der Waals surface area contributed by atoms with Gasteiger partial charge in [-0.3, -0.25) is 15.4 Å². The average Bonchev–Trinajstić information content (AvgIpc) is 2.59. The van der Waals surface area contributed by atoms with Gasteiger partial charge in [0.05, 0.1) is 6.04 Å². The maximum atomic E-state index is 13.9. The summed E-state index contributed by atoms with van der Waals surface area (Å²) in [5, 5.41) is 8.51. The number of amides is 3. The maximum Gasteiger partial charge on any atom is 0.321 e. The van der Waals surface area contributed by atoms with E-state index in [1.54, 1.807) is 13.8 Å². The van der Waals surface area contributed by atoms with Crippen molar-refractivity contribution in [2.24, 2.45) is 17.8 Å². The van der Waals surface area contributed by atoms with E-state index in [9.17, 15) is 18.4 Å². The van der Waals surface area contributed by atoms with Crippen LogP contribution in [-0.2, 0) is 4.79 Å². The van der Waals surface area contributed by atoms with Crippen LogP contribution in [0, 0.1) is 29.4 Å². The molecule has 1 aromatic rings. The van der Waals surface area contributed by atoms with Gasteiger partial charge in [0.25, 0.3) is 0 Å². The van der Waals surface area contributed by atoms with Crippen LogP contribution >= 0.6 is 0 Å². The maximum absolute atomic E-state index is 13.9. The van der Waals surface area contributed by atoms with E-state index < -0.39 is 35.7 Å². The lowest BCUT2D eigenvalue weighted by atomic mass is 9.53. The van der Waals surface area contributed by atoms with Crippen molar-refractivity contribution in [1.29, 1.82) is 0 Å². The van der Waals surface area contributed by atoms with Gasteiger partial charge in [0.1, 0.15) is 11.6 Å². The lowest BCUT2D eigenvalue weighted by Gasteiger charge is -2.56. The van der Waals surface area contributed by atoms with Crippen molar-refractivity contribution in [2.75, 3.05) is 0 Å². The van der Waals surface area contributed by atoms with Gasteiger partial charge in [0.2, 0.25) is 5.91 Å². The zero-order chi connectivity index (χ0) is 20.8. The summed E-state index contributed by atoms with van der Waals surface area (Å²) in [7, 11) is 0. The molecule has 4 saturated carbocycles. The third kappa shape index (κ3) is 4.29. The molecule has 1 aromatic carbocycles. The van der Waals surface area contributed by atoms with Gasteiger partial charge < -0.3 is 5.32 Å². The minimum atomic E-state index is -0.712. The van der Waals surface area contributed by atoms with Gasteiger partial charge in [-0.25, -0.2) is 13.6 Å². The van der Waals surface area contributed by atoms with Crippen LogP contribution in [0.1, 0.15) is 64.0 Å². The zero-order valence-corrected chi connectivity index (χ0v) is 16.9.